The van der Waals surface area contributed by atoms with Crippen LogP contribution in [0, 0.1) is 12.7 Å². The predicted molar refractivity (Wildman–Crippen MR) is 68.9 cm³/mol. The van der Waals surface area contributed by atoms with Gasteiger partial charge in [0.15, 0.2) is 0 Å². The molecule has 0 saturated carbocycles. The third kappa shape index (κ3) is 5.17. The summed E-state index contributed by atoms with van der Waals surface area (Å²) in [6, 6.07) is 3.94. The Labute approximate surface area is 107 Å². The molecule has 1 fully saturated rings. The summed E-state index contributed by atoms with van der Waals surface area (Å²) in [6.07, 6.45) is 3.68. The fraction of sp³-hybridized carbons (Fsp3) is 0.500. The molecule has 0 spiro atoms. The summed E-state index contributed by atoms with van der Waals surface area (Å²) >= 11 is 0. The molecule has 0 radical (unpaired) electrons. The zero-order valence-electron chi connectivity index (χ0n) is 10.9. The van der Waals surface area contributed by atoms with Gasteiger partial charge in [0.05, 0.1) is 0 Å². The van der Waals surface area contributed by atoms with E-state index in [9.17, 15) is 9.18 Å². The van der Waals surface area contributed by atoms with E-state index in [0.717, 1.165) is 24.7 Å². The van der Waals surface area contributed by atoms with Gasteiger partial charge in [-0.2, -0.15) is 0 Å². The first-order chi connectivity index (χ1) is 8.49. The lowest BCUT2D eigenvalue weighted by molar-refractivity contribution is -0.129. The van der Waals surface area contributed by atoms with E-state index in [0.29, 0.717) is 0 Å². The zero-order valence-corrected chi connectivity index (χ0v) is 10.9. The number of hydrogen-bond acceptors (Lipinski definition) is 2. The molecule has 0 aliphatic carbocycles. The monoisotopic (exact) mass is 253 g/mol. The molecule has 0 unspecified atom stereocenters. The van der Waals surface area contributed by atoms with E-state index < -0.39 is 5.82 Å². The van der Waals surface area contributed by atoms with Crippen molar-refractivity contribution in [1.82, 2.24) is 4.90 Å². The molecule has 100 valence electrons. The Balaban J connectivity index is 0.000000180. The van der Waals surface area contributed by atoms with Crippen LogP contribution in [0.4, 0.5) is 4.39 Å². The fourth-order valence-corrected chi connectivity index (χ4v) is 1.93. The summed E-state index contributed by atoms with van der Waals surface area (Å²) < 4.78 is 12.3. The highest BCUT2D eigenvalue weighted by Gasteiger charge is 2.10. The number of rotatable bonds is 0. The van der Waals surface area contributed by atoms with Crippen LogP contribution < -0.4 is 0 Å². The average molecular weight is 253 g/mol. The third-order valence-corrected chi connectivity index (χ3v) is 2.83. The number of halogens is 1. The Morgan fingerprint density at radius 2 is 1.83 bits per heavy atom. The van der Waals surface area contributed by atoms with E-state index in [1.54, 1.807) is 13.8 Å². The van der Waals surface area contributed by atoms with E-state index in [4.69, 9.17) is 5.11 Å². The van der Waals surface area contributed by atoms with Gasteiger partial charge in [-0.1, -0.05) is 0 Å². The normalized spacial score (nSPS) is 14.7. The van der Waals surface area contributed by atoms with Gasteiger partial charge in [0.2, 0.25) is 5.91 Å². The lowest BCUT2D eigenvalue weighted by Gasteiger charge is -2.24. The van der Waals surface area contributed by atoms with Crippen LogP contribution in [0.1, 0.15) is 31.7 Å². The molecule has 2 rings (SSSR count). The molecule has 0 atom stereocenters. The fourth-order valence-electron chi connectivity index (χ4n) is 1.93. The minimum absolute atomic E-state index is 0.0208. The zero-order chi connectivity index (χ0) is 13.5. The number of carbonyl (C=O) groups is 1. The Hall–Kier alpha value is -1.58. The maximum atomic E-state index is 12.3. The summed E-state index contributed by atoms with van der Waals surface area (Å²) in [5, 5.41) is 8.75. The number of aryl methyl sites for hydroxylation is 1. The maximum Gasteiger partial charge on any atom is 0.219 e. The summed E-state index contributed by atoms with van der Waals surface area (Å²) in [7, 11) is 0. The Morgan fingerprint density at radius 1 is 1.22 bits per heavy atom. The second kappa shape index (κ2) is 6.99. The predicted octanol–water partition coefficient (Wildman–Crippen LogP) is 2.86. The van der Waals surface area contributed by atoms with Crippen LogP contribution in [0.2, 0.25) is 0 Å². The van der Waals surface area contributed by atoms with E-state index in [1.807, 2.05) is 4.90 Å². The first kappa shape index (κ1) is 14.5. The summed E-state index contributed by atoms with van der Waals surface area (Å²) in [4.78, 5) is 12.6. The van der Waals surface area contributed by atoms with Crippen LogP contribution in [-0.2, 0) is 4.79 Å². The third-order valence-electron chi connectivity index (χ3n) is 2.83. The van der Waals surface area contributed by atoms with E-state index >= 15 is 0 Å². The first-order valence-electron chi connectivity index (χ1n) is 6.20. The van der Waals surface area contributed by atoms with Crippen molar-refractivity contribution in [1.29, 1.82) is 0 Å². The first-order valence-corrected chi connectivity index (χ1v) is 6.20. The summed E-state index contributed by atoms with van der Waals surface area (Å²) in [6.45, 7) is 5.33. The van der Waals surface area contributed by atoms with Gasteiger partial charge in [-0.3, -0.25) is 4.79 Å². The minimum atomic E-state index is -0.396. The van der Waals surface area contributed by atoms with Crippen LogP contribution in [-0.4, -0.2) is 29.0 Å². The number of amides is 1. The van der Waals surface area contributed by atoms with E-state index in [1.165, 1.54) is 31.4 Å². The Bertz CT molecular complexity index is 350. The average Bonchev–Trinajstić information content (AvgIpc) is 2.29. The standard InChI is InChI=1S/C7H7FO.C7H13NO/c1-5-2-6(8)4-7(9)3-5;1-7(9)8-5-3-2-4-6-8/h2-4,9H,1H3;2-6H2,1H3. The number of phenols is 1. The number of phenolic OH excluding ortho intramolecular Hbond substituents is 1. The number of carbonyl (C=O) groups excluding carboxylic acids is 1. The topological polar surface area (TPSA) is 40.5 Å². The van der Waals surface area contributed by atoms with Crippen LogP contribution >= 0.6 is 0 Å². The highest BCUT2D eigenvalue weighted by molar-refractivity contribution is 5.73. The number of hydrogen-bond donors (Lipinski definition) is 1. The quantitative estimate of drug-likeness (QED) is 0.772. The SMILES string of the molecule is CC(=O)N1CCCCC1.Cc1cc(O)cc(F)c1. The smallest absolute Gasteiger partial charge is 0.219 e. The lowest BCUT2D eigenvalue weighted by Crippen LogP contribution is -2.33. The molecule has 1 heterocycles. The molecule has 1 aliphatic heterocycles. The van der Waals surface area contributed by atoms with Crippen LogP contribution in [0.15, 0.2) is 18.2 Å². The van der Waals surface area contributed by atoms with Crippen molar-refractivity contribution in [3.63, 3.8) is 0 Å². The molecule has 1 saturated heterocycles. The van der Waals surface area contributed by atoms with Crippen LogP contribution in [0.3, 0.4) is 0 Å². The minimum Gasteiger partial charge on any atom is -0.508 e. The van der Waals surface area contributed by atoms with Crippen molar-refractivity contribution in [2.24, 2.45) is 0 Å². The number of aromatic hydroxyl groups is 1. The van der Waals surface area contributed by atoms with Crippen molar-refractivity contribution in [3.8, 4) is 5.75 Å². The van der Waals surface area contributed by atoms with Gasteiger partial charge >= 0.3 is 0 Å². The second-order valence-electron chi connectivity index (χ2n) is 4.55. The highest BCUT2D eigenvalue weighted by atomic mass is 19.1. The largest absolute Gasteiger partial charge is 0.508 e. The number of nitrogens with zero attached hydrogens (tertiary/aromatic N) is 1. The van der Waals surface area contributed by atoms with Gasteiger partial charge in [-0.05, 0) is 43.9 Å². The summed E-state index contributed by atoms with van der Waals surface area (Å²) in [5.41, 5.74) is 0.729. The van der Waals surface area contributed by atoms with Crippen molar-refractivity contribution < 1.29 is 14.3 Å². The van der Waals surface area contributed by atoms with Crippen molar-refractivity contribution in [2.75, 3.05) is 13.1 Å². The van der Waals surface area contributed by atoms with Gasteiger partial charge in [-0.25, -0.2) is 4.39 Å². The maximum absolute atomic E-state index is 12.3. The lowest BCUT2D eigenvalue weighted by atomic mass is 10.1. The van der Waals surface area contributed by atoms with Crippen molar-refractivity contribution >= 4 is 5.91 Å². The summed E-state index contributed by atoms with van der Waals surface area (Å²) in [5.74, 6) is -0.185. The van der Waals surface area contributed by atoms with Gasteiger partial charge in [-0.15, -0.1) is 0 Å². The van der Waals surface area contributed by atoms with Crippen LogP contribution in [0.25, 0.3) is 0 Å². The molecular formula is C14H20FNO2. The van der Waals surface area contributed by atoms with E-state index in [-0.39, 0.29) is 11.7 Å². The molecular weight excluding hydrogens is 233 g/mol. The van der Waals surface area contributed by atoms with Gasteiger partial charge in [0.25, 0.3) is 0 Å². The highest BCUT2D eigenvalue weighted by Crippen LogP contribution is 2.12. The molecule has 1 N–H and O–H groups in total. The number of benzene rings is 1. The van der Waals surface area contributed by atoms with Crippen molar-refractivity contribution in [3.05, 3.63) is 29.6 Å². The second-order valence-corrected chi connectivity index (χ2v) is 4.55. The molecule has 1 aromatic carbocycles. The molecule has 4 heteroatoms. The molecule has 3 nitrogen and oxygen atoms in total. The van der Waals surface area contributed by atoms with Crippen LogP contribution in [0.5, 0.6) is 5.75 Å². The molecule has 1 aliphatic rings. The number of piperidine rings is 1. The molecule has 0 bridgehead atoms. The Kier molecular flexibility index (Phi) is 5.62. The Morgan fingerprint density at radius 3 is 2.22 bits per heavy atom. The van der Waals surface area contributed by atoms with E-state index in [2.05, 4.69) is 0 Å². The molecule has 1 aromatic rings. The van der Waals surface area contributed by atoms with Gasteiger partial charge in [0.1, 0.15) is 11.6 Å². The van der Waals surface area contributed by atoms with Gasteiger partial charge in [0, 0.05) is 26.1 Å². The van der Waals surface area contributed by atoms with Gasteiger partial charge < -0.3 is 10.0 Å². The number of likely N-dealkylation sites (tertiary alicyclic amines) is 1. The molecule has 1 amide bonds. The molecule has 18 heavy (non-hydrogen) atoms. The van der Waals surface area contributed by atoms with Crippen molar-refractivity contribution in [2.45, 2.75) is 33.1 Å². The molecule has 0 aromatic heterocycles.